The zero-order chi connectivity index (χ0) is 20.1. The van der Waals surface area contributed by atoms with E-state index < -0.39 is 0 Å². The molecule has 1 atom stereocenters. The SMILES string of the molecule is COc1ccc2oc(N3CCCC(CC(=O)NCCN4CCOCC4)C3)nc2c1. The third-order valence-corrected chi connectivity index (χ3v) is 5.70. The van der Waals surface area contributed by atoms with Crippen molar-refractivity contribution in [1.82, 2.24) is 15.2 Å². The van der Waals surface area contributed by atoms with Gasteiger partial charge in [0.2, 0.25) is 5.91 Å². The van der Waals surface area contributed by atoms with E-state index in [9.17, 15) is 4.79 Å². The van der Waals surface area contributed by atoms with E-state index in [2.05, 4.69) is 20.1 Å². The van der Waals surface area contributed by atoms with Crippen molar-refractivity contribution in [2.45, 2.75) is 19.3 Å². The Morgan fingerprint density at radius 1 is 1.31 bits per heavy atom. The topological polar surface area (TPSA) is 80.1 Å². The lowest BCUT2D eigenvalue weighted by Crippen LogP contribution is -2.42. The molecule has 1 amide bonds. The van der Waals surface area contributed by atoms with Gasteiger partial charge in [-0.05, 0) is 30.9 Å². The van der Waals surface area contributed by atoms with Gasteiger partial charge in [-0.25, -0.2) is 0 Å². The van der Waals surface area contributed by atoms with Crippen LogP contribution in [0.4, 0.5) is 6.01 Å². The molecule has 158 valence electrons. The van der Waals surface area contributed by atoms with Crippen molar-refractivity contribution in [3.8, 4) is 5.75 Å². The van der Waals surface area contributed by atoms with Gasteiger partial charge in [0.15, 0.2) is 5.58 Å². The summed E-state index contributed by atoms with van der Waals surface area (Å²) in [5.74, 6) is 1.21. The third-order valence-electron chi connectivity index (χ3n) is 5.70. The maximum absolute atomic E-state index is 12.4. The normalized spacial score (nSPS) is 20.7. The zero-order valence-electron chi connectivity index (χ0n) is 17.1. The number of carbonyl (C=O) groups excluding carboxylic acids is 1. The van der Waals surface area contributed by atoms with E-state index in [4.69, 9.17) is 13.9 Å². The maximum atomic E-state index is 12.4. The van der Waals surface area contributed by atoms with Crippen LogP contribution in [0.3, 0.4) is 0 Å². The number of fused-ring (bicyclic) bond motifs is 1. The molecule has 1 aromatic heterocycles. The second kappa shape index (κ2) is 9.45. The number of nitrogens with zero attached hydrogens (tertiary/aromatic N) is 3. The number of benzene rings is 1. The van der Waals surface area contributed by atoms with Crippen LogP contribution in [0.2, 0.25) is 0 Å². The number of aromatic nitrogens is 1. The molecule has 2 saturated heterocycles. The quantitative estimate of drug-likeness (QED) is 0.758. The summed E-state index contributed by atoms with van der Waals surface area (Å²) in [5.41, 5.74) is 1.55. The lowest BCUT2D eigenvalue weighted by atomic mass is 9.94. The second-order valence-electron chi connectivity index (χ2n) is 7.79. The number of piperidine rings is 1. The summed E-state index contributed by atoms with van der Waals surface area (Å²) in [6, 6.07) is 6.27. The third kappa shape index (κ3) is 5.19. The number of nitrogens with one attached hydrogen (secondary N) is 1. The summed E-state index contributed by atoms with van der Waals surface area (Å²) < 4.78 is 16.5. The number of rotatable bonds is 7. The van der Waals surface area contributed by atoms with Crippen LogP contribution in [0, 0.1) is 5.92 Å². The number of hydrogen-bond donors (Lipinski definition) is 1. The molecule has 0 spiro atoms. The van der Waals surface area contributed by atoms with E-state index in [1.54, 1.807) is 7.11 Å². The Morgan fingerprint density at radius 3 is 3.00 bits per heavy atom. The minimum atomic E-state index is 0.132. The number of hydrogen-bond acceptors (Lipinski definition) is 7. The van der Waals surface area contributed by atoms with Crippen molar-refractivity contribution in [3.63, 3.8) is 0 Å². The lowest BCUT2D eigenvalue weighted by Gasteiger charge is -2.31. The first kappa shape index (κ1) is 20.0. The molecule has 1 unspecified atom stereocenters. The van der Waals surface area contributed by atoms with Crippen molar-refractivity contribution in [2.24, 2.45) is 5.92 Å². The zero-order valence-corrected chi connectivity index (χ0v) is 17.1. The number of anilines is 1. The molecular formula is C21H30N4O4. The molecule has 2 aliphatic heterocycles. The van der Waals surface area contributed by atoms with Gasteiger partial charge in [0.1, 0.15) is 11.3 Å². The van der Waals surface area contributed by atoms with Crippen LogP contribution in [0.15, 0.2) is 22.6 Å². The summed E-state index contributed by atoms with van der Waals surface area (Å²) in [6.45, 7) is 6.75. The van der Waals surface area contributed by atoms with Crippen molar-refractivity contribution in [1.29, 1.82) is 0 Å². The molecule has 8 heteroatoms. The fraction of sp³-hybridized carbons (Fsp3) is 0.619. The monoisotopic (exact) mass is 402 g/mol. The number of carbonyl (C=O) groups is 1. The molecule has 4 rings (SSSR count). The van der Waals surface area contributed by atoms with Gasteiger partial charge in [-0.3, -0.25) is 9.69 Å². The molecule has 29 heavy (non-hydrogen) atoms. The Bertz CT molecular complexity index is 818. The largest absolute Gasteiger partial charge is 0.497 e. The molecule has 0 saturated carbocycles. The summed E-state index contributed by atoms with van der Waals surface area (Å²) >= 11 is 0. The van der Waals surface area contributed by atoms with Crippen molar-refractivity contribution in [3.05, 3.63) is 18.2 Å². The van der Waals surface area contributed by atoms with Gasteiger partial charge in [-0.1, -0.05) is 0 Å². The highest BCUT2D eigenvalue weighted by molar-refractivity contribution is 5.77. The van der Waals surface area contributed by atoms with E-state index in [1.165, 1.54) is 0 Å². The average molecular weight is 402 g/mol. The predicted molar refractivity (Wildman–Crippen MR) is 110 cm³/mol. The van der Waals surface area contributed by atoms with Gasteiger partial charge in [-0.2, -0.15) is 4.98 Å². The lowest BCUT2D eigenvalue weighted by molar-refractivity contribution is -0.122. The predicted octanol–water partition coefficient (Wildman–Crippen LogP) is 1.89. The van der Waals surface area contributed by atoms with E-state index in [0.29, 0.717) is 24.9 Å². The number of methoxy groups -OCH3 is 1. The Balaban J connectivity index is 1.27. The molecular weight excluding hydrogens is 372 g/mol. The number of morpholine rings is 1. The Morgan fingerprint density at radius 2 is 2.17 bits per heavy atom. The molecule has 2 fully saturated rings. The van der Waals surface area contributed by atoms with Crippen LogP contribution in [-0.4, -0.2) is 75.4 Å². The van der Waals surface area contributed by atoms with Crippen molar-refractivity contribution in [2.75, 3.05) is 64.5 Å². The Hall–Kier alpha value is -2.32. The molecule has 2 aliphatic rings. The smallest absolute Gasteiger partial charge is 0.298 e. The molecule has 8 nitrogen and oxygen atoms in total. The minimum absolute atomic E-state index is 0.132. The van der Waals surface area contributed by atoms with Crippen molar-refractivity contribution >= 4 is 23.0 Å². The molecule has 0 radical (unpaired) electrons. The first-order chi connectivity index (χ1) is 14.2. The summed E-state index contributed by atoms with van der Waals surface area (Å²) in [6.07, 6.45) is 2.64. The highest BCUT2D eigenvalue weighted by Gasteiger charge is 2.25. The molecule has 1 N–H and O–H groups in total. The summed E-state index contributed by atoms with van der Waals surface area (Å²) in [4.78, 5) is 21.5. The van der Waals surface area contributed by atoms with Gasteiger partial charge in [0.25, 0.3) is 6.01 Å². The first-order valence-corrected chi connectivity index (χ1v) is 10.5. The van der Waals surface area contributed by atoms with Gasteiger partial charge in [-0.15, -0.1) is 0 Å². The second-order valence-corrected chi connectivity index (χ2v) is 7.79. The Kier molecular flexibility index (Phi) is 6.51. The van der Waals surface area contributed by atoms with Crippen LogP contribution >= 0.6 is 0 Å². The average Bonchev–Trinajstić information content (AvgIpc) is 3.18. The molecule has 0 bridgehead atoms. The highest BCUT2D eigenvalue weighted by Crippen LogP contribution is 2.29. The van der Waals surface area contributed by atoms with Crippen LogP contribution < -0.4 is 15.0 Å². The molecule has 0 aliphatic carbocycles. The minimum Gasteiger partial charge on any atom is -0.497 e. The van der Waals surface area contributed by atoms with Crippen LogP contribution in [0.25, 0.3) is 11.1 Å². The standard InChI is InChI=1S/C21H30N4O4/c1-27-17-4-5-19-18(14-17)23-21(29-19)25-7-2-3-16(15-25)13-20(26)22-6-8-24-9-11-28-12-10-24/h4-5,14,16H,2-3,6-13,15H2,1H3,(H,22,26). The van der Waals surface area contributed by atoms with Crippen LogP contribution in [0.1, 0.15) is 19.3 Å². The van der Waals surface area contributed by atoms with Gasteiger partial charge < -0.3 is 24.1 Å². The maximum Gasteiger partial charge on any atom is 0.298 e. The Labute approximate surface area is 171 Å². The van der Waals surface area contributed by atoms with Gasteiger partial charge in [0, 0.05) is 51.8 Å². The number of amides is 1. The van der Waals surface area contributed by atoms with E-state index in [0.717, 1.165) is 75.6 Å². The number of oxazole rings is 1. The molecule has 3 heterocycles. The molecule has 2 aromatic rings. The van der Waals surface area contributed by atoms with E-state index in [-0.39, 0.29) is 5.91 Å². The highest BCUT2D eigenvalue weighted by atomic mass is 16.5. The fourth-order valence-corrected chi connectivity index (χ4v) is 4.08. The number of ether oxygens (including phenoxy) is 2. The molecule has 1 aromatic carbocycles. The van der Waals surface area contributed by atoms with Crippen LogP contribution in [0.5, 0.6) is 5.75 Å². The fourth-order valence-electron chi connectivity index (χ4n) is 4.08. The van der Waals surface area contributed by atoms with Gasteiger partial charge >= 0.3 is 0 Å². The summed E-state index contributed by atoms with van der Waals surface area (Å²) in [5, 5.41) is 3.07. The van der Waals surface area contributed by atoms with Gasteiger partial charge in [0.05, 0.1) is 20.3 Å². The van der Waals surface area contributed by atoms with E-state index in [1.807, 2.05) is 18.2 Å². The van der Waals surface area contributed by atoms with E-state index >= 15 is 0 Å². The van der Waals surface area contributed by atoms with Crippen molar-refractivity contribution < 1.29 is 18.7 Å². The summed E-state index contributed by atoms with van der Waals surface area (Å²) in [7, 11) is 1.64. The van der Waals surface area contributed by atoms with Crippen LogP contribution in [-0.2, 0) is 9.53 Å². The first-order valence-electron chi connectivity index (χ1n) is 10.5.